The van der Waals surface area contributed by atoms with E-state index in [1.807, 2.05) is 31.3 Å². The van der Waals surface area contributed by atoms with Crippen LogP contribution in [0.25, 0.3) is 10.9 Å². The van der Waals surface area contributed by atoms with E-state index < -0.39 is 65.0 Å². The summed E-state index contributed by atoms with van der Waals surface area (Å²) in [6, 6.07) is 8.50. The van der Waals surface area contributed by atoms with Crippen LogP contribution in [0.5, 0.6) is 5.75 Å². The molecular formula is C43H63N7O9. The summed E-state index contributed by atoms with van der Waals surface area (Å²) in [5, 5.41) is 14.7. The Kier molecular flexibility index (Phi) is 17.7. The highest BCUT2D eigenvalue weighted by Crippen LogP contribution is 2.23. The highest BCUT2D eigenvalue weighted by Gasteiger charge is 2.37. The van der Waals surface area contributed by atoms with Gasteiger partial charge in [0.1, 0.15) is 36.1 Å². The number of aromatic amines is 1. The van der Waals surface area contributed by atoms with Crippen molar-refractivity contribution in [2.45, 2.75) is 117 Å². The number of unbranched alkanes of at least 4 members (excludes halogenated alkanes) is 1. The molecule has 0 fully saturated rings. The van der Waals surface area contributed by atoms with Gasteiger partial charge >= 0.3 is 12.1 Å². The number of alkyl carbamates (subject to hydrolysis) is 1. The van der Waals surface area contributed by atoms with Crippen LogP contribution in [0, 0.1) is 12.3 Å². The molecular weight excluding hydrogens is 759 g/mol. The number of H-pyrrole nitrogens is 1. The third kappa shape index (κ3) is 15.9. The molecule has 59 heavy (non-hydrogen) atoms. The van der Waals surface area contributed by atoms with Crippen molar-refractivity contribution in [3.8, 4) is 5.75 Å². The Labute approximate surface area is 346 Å². The molecule has 3 rings (SSSR count). The second-order valence-corrected chi connectivity index (χ2v) is 16.7. The molecule has 16 nitrogen and oxygen atoms in total. The highest BCUT2D eigenvalue weighted by molar-refractivity contribution is 5.95. The number of rotatable bonds is 20. The van der Waals surface area contributed by atoms with E-state index in [2.05, 4.69) is 31.6 Å². The maximum Gasteiger partial charge on any atom is 0.407 e. The number of hydrogen-bond acceptors (Lipinski definition) is 10. The van der Waals surface area contributed by atoms with E-state index >= 15 is 0 Å². The average Bonchev–Trinajstić information content (AvgIpc) is 3.56. The topological polar surface area (TPSA) is 232 Å². The summed E-state index contributed by atoms with van der Waals surface area (Å²) >= 11 is 0. The van der Waals surface area contributed by atoms with Crippen LogP contribution in [-0.4, -0.2) is 97.2 Å². The number of ether oxygens (including phenoxy) is 3. The van der Waals surface area contributed by atoms with Crippen LogP contribution in [0.4, 0.5) is 4.79 Å². The first-order chi connectivity index (χ1) is 27.7. The minimum absolute atomic E-state index is 0.0740. The number of benzene rings is 2. The lowest BCUT2D eigenvalue weighted by atomic mass is 9.85. The number of carbonyl (C=O) groups excluding carboxylic acids is 6. The number of carbonyl (C=O) groups is 6. The minimum atomic E-state index is -1.13. The normalized spacial score (nSPS) is 13.6. The lowest BCUT2D eigenvalue weighted by molar-refractivity contribution is -0.146. The molecule has 0 saturated heterocycles. The summed E-state index contributed by atoms with van der Waals surface area (Å²) in [7, 11) is 1.22. The van der Waals surface area contributed by atoms with Crippen molar-refractivity contribution >= 4 is 46.6 Å². The largest absolute Gasteiger partial charge is 0.492 e. The second kappa shape index (κ2) is 21.9. The summed E-state index contributed by atoms with van der Waals surface area (Å²) in [6.45, 7) is 14.8. The van der Waals surface area contributed by atoms with Crippen molar-refractivity contribution in [1.82, 2.24) is 31.6 Å². The van der Waals surface area contributed by atoms with Crippen LogP contribution in [0.2, 0.25) is 0 Å². The molecule has 8 N–H and O–H groups in total. The summed E-state index contributed by atoms with van der Waals surface area (Å²) in [5.74, 6) is -2.10. The molecule has 5 amide bonds. The zero-order chi connectivity index (χ0) is 43.9. The van der Waals surface area contributed by atoms with Crippen molar-refractivity contribution in [3.63, 3.8) is 0 Å². The molecule has 0 unspecified atom stereocenters. The van der Waals surface area contributed by atoms with E-state index in [-0.39, 0.29) is 38.3 Å². The first-order valence-electron chi connectivity index (χ1n) is 19.9. The van der Waals surface area contributed by atoms with Gasteiger partial charge in [-0.15, -0.1) is 0 Å². The van der Waals surface area contributed by atoms with Crippen LogP contribution in [0.1, 0.15) is 84.4 Å². The van der Waals surface area contributed by atoms with Crippen molar-refractivity contribution in [1.29, 1.82) is 0 Å². The Morgan fingerprint density at radius 1 is 0.797 bits per heavy atom. The van der Waals surface area contributed by atoms with Gasteiger partial charge in [0.25, 0.3) is 0 Å². The molecule has 0 saturated carbocycles. The summed E-state index contributed by atoms with van der Waals surface area (Å²) in [4.78, 5) is 80.9. The van der Waals surface area contributed by atoms with Gasteiger partial charge in [-0.1, -0.05) is 51.1 Å². The number of aryl methyl sites for hydroxylation is 1. The van der Waals surface area contributed by atoms with Crippen molar-refractivity contribution in [2.75, 3.05) is 26.8 Å². The Hall–Kier alpha value is -5.64. The fourth-order valence-electron chi connectivity index (χ4n) is 6.25. The Morgan fingerprint density at radius 3 is 2.10 bits per heavy atom. The van der Waals surface area contributed by atoms with E-state index in [9.17, 15) is 28.8 Å². The van der Waals surface area contributed by atoms with Crippen LogP contribution >= 0.6 is 0 Å². The average molecular weight is 822 g/mol. The van der Waals surface area contributed by atoms with Gasteiger partial charge in [-0.2, -0.15) is 0 Å². The molecule has 324 valence electrons. The summed E-state index contributed by atoms with van der Waals surface area (Å²) in [5.41, 5.74) is 8.52. The van der Waals surface area contributed by atoms with Crippen LogP contribution < -0.4 is 37.1 Å². The van der Waals surface area contributed by atoms with Crippen LogP contribution in [0.15, 0.2) is 48.7 Å². The maximum atomic E-state index is 14.0. The Balaban J connectivity index is 1.70. The molecule has 0 aliphatic heterocycles. The van der Waals surface area contributed by atoms with Gasteiger partial charge in [0.15, 0.2) is 0 Å². The number of fused-ring (bicyclic) bond motifs is 1. The molecule has 1 heterocycles. The Bertz CT molecular complexity index is 1900. The van der Waals surface area contributed by atoms with E-state index in [4.69, 9.17) is 19.9 Å². The lowest BCUT2D eigenvalue weighted by Crippen LogP contribution is -2.60. The van der Waals surface area contributed by atoms with Crippen molar-refractivity contribution in [3.05, 3.63) is 65.4 Å². The number of para-hydroxylation sites is 1. The van der Waals surface area contributed by atoms with E-state index in [1.165, 1.54) is 14.0 Å². The molecule has 0 bridgehead atoms. The second-order valence-electron chi connectivity index (χ2n) is 16.7. The van der Waals surface area contributed by atoms with Gasteiger partial charge in [0.2, 0.25) is 23.6 Å². The first-order valence-corrected chi connectivity index (χ1v) is 19.9. The Morgan fingerprint density at radius 2 is 1.47 bits per heavy atom. The number of nitrogens with one attached hydrogen (secondary N) is 6. The van der Waals surface area contributed by atoms with E-state index in [0.717, 1.165) is 22.0 Å². The van der Waals surface area contributed by atoms with E-state index in [1.54, 1.807) is 65.8 Å². The van der Waals surface area contributed by atoms with Crippen LogP contribution in [0.3, 0.4) is 0 Å². The minimum Gasteiger partial charge on any atom is -0.492 e. The van der Waals surface area contributed by atoms with Gasteiger partial charge in [0, 0.05) is 37.0 Å². The number of methoxy groups -OCH3 is 1. The molecule has 1 aromatic heterocycles. The number of esters is 1. The lowest BCUT2D eigenvalue weighted by Gasteiger charge is -2.33. The number of aromatic nitrogens is 1. The zero-order valence-corrected chi connectivity index (χ0v) is 35.8. The van der Waals surface area contributed by atoms with Crippen molar-refractivity contribution in [2.24, 2.45) is 11.1 Å². The monoisotopic (exact) mass is 821 g/mol. The predicted molar refractivity (Wildman–Crippen MR) is 224 cm³/mol. The fraction of sp³-hybridized carbons (Fsp3) is 0.535. The predicted octanol–water partition coefficient (Wildman–Crippen LogP) is 3.47. The summed E-state index contributed by atoms with van der Waals surface area (Å²) in [6.07, 6.45) is 2.80. The molecule has 2 aromatic carbocycles. The third-order valence-electron chi connectivity index (χ3n) is 9.33. The van der Waals surface area contributed by atoms with Crippen LogP contribution in [-0.2, 0) is 46.3 Å². The van der Waals surface area contributed by atoms with Gasteiger partial charge in [-0.3, -0.25) is 19.2 Å². The molecule has 16 heteroatoms. The SMILES string of the molecule is COC(=O)[C@H](Cc1ccc(OCCNC(=O)OC(C)(C)C)cc1)NC(=O)[C@@H](NC(=O)[C@H](CCCCNC(C)=O)NC(=O)[C@@H](N)Cc1c[nH]c2c(C)cccc12)C(C)(C)C. The fourth-order valence-corrected chi connectivity index (χ4v) is 6.25. The number of amides is 5. The molecule has 0 aliphatic rings. The molecule has 0 spiro atoms. The molecule has 0 radical (unpaired) electrons. The quantitative estimate of drug-likeness (QED) is 0.0648. The van der Waals surface area contributed by atoms with Gasteiger partial charge in [-0.25, -0.2) is 9.59 Å². The van der Waals surface area contributed by atoms with Gasteiger partial charge in [0.05, 0.1) is 19.7 Å². The maximum absolute atomic E-state index is 14.0. The first kappa shape index (κ1) is 47.7. The molecule has 3 aromatic rings. The zero-order valence-electron chi connectivity index (χ0n) is 35.8. The summed E-state index contributed by atoms with van der Waals surface area (Å²) < 4.78 is 15.9. The van der Waals surface area contributed by atoms with E-state index in [0.29, 0.717) is 30.7 Å². The van der Waals surface area contributed by atoms with Gasteiger partial charge in [-0.05, 0) is 87.6 Å². The molecule has 0 aliphatic carbocycles. The number of nitrogens with two attached hydrogens (primary N) is 1. The third-order valence-corrected chi connectivity index (χ3v) is 9.33. The smallest absolute Gasteiger partial charge is 0.407 e. The number of hydrogen-bond donors (Lipinski definition) is 7. The van der Waals surface area contributed by atoms with Crippen molar-refractivity contribution < 1.29 is 43.0 Å². The standard InChI is InChI=1S/C43H63N7O9/c1-26-13-12-14-31-29(25-47-35(26)31)24-32(44)37(52)48-33(15-10-11-20-45-27(2)51)38(53)50-36(42(3,4)5)39(54)49-34(40(55)57-9)23-28-16-18-30(19-17-28)58-22-21-46-41(56)59-43(6,7)8/h12-14,16-19,25,32-34,36,47H,10-11,15,20-24,44H2,1-9H3,(H,45,51)(H,46,56)(H,48,52)(H,49,54)(H,50,53)/t32-,33-,34-,36+/m0/s1. The van der Waals surface area contributed by atoms with Gasteiger partial charge < -0.3 is 51.5 Å². The highest BCUT2D eigenvalue weighted by atomic mass is 16.6. The molecule has 4 atom stereocenters.